The van der Waals surface area contributed by atoms with Crippen LogP contribution >= 0.6 is 0 Å². The minimum atomic E-state index is 0.788. The predicted octanol–water partition coefficient (Wildman–Crippen LogP) is 11.2. The summed E-state index contributed by atoms with van der Waals surface area (Å²) in [6.07, 6.45) is 0. The number of fused-ring (bicyclic) bond motifs is 16. The van der Waals surface area contributed by atoms with Crippen LogP contribution in [0.2, 0.25) is 0 Å². The fourth-order valence-corrected chi connectivity index (χ4v) is 7.77. The van der Waals surface area contributed by atoms with Crippen LogP contribution in [0.3, 0.4) is 0 Å². The zero-order chi connectivity index (χ0) is 30.8. The molecular weight excluding hydrogens is 556 g/mol. The molecule has 1 aliphatic heterocycles. The summed E-state index contributed by atoms with van der Waals surface area (Å²) in [6.45, 7) is 1.58. The molecule has 0 spiro atoms. The second-order valence-electron chi connectivity index (χ2n) is 12.8. The van der Waals surface area contributed by atoms with E-state index in [0.717, 1.165) is 13.1 Å². The van der Waals surface area contributed by atoms with Gasteiger partial charge in [-0.15, -0.1) is 0 Å². The zero-order valence-electron chi connectivity index (χ0n) is 26.2. The van der Waals surface area contributed by atoms with E-state index in [9.17, 15) is 0 Å². The van der Waals surface area contributed by atoms with Crippen LogP contribution in [0.5, 0.6) is 0 Å². The number of hydrogen-bond acceptors (Lipinski definition) is 2. The summed E-state index contributed by atoms with van der Waals surface area (Å²) in [4.78, 5) is 4.90. The summed E-state index contributed by atoms with van der Waals surface area (Å²) in [5.41, 5.74) is 10.2. The maximum absolute atomic E-state index is 2.45. The van der Waals surface area contributed by atoms with E-state index >= 15 is 0 Å². The molecule has 8 aromatic rings. The Morgan fingerprint density at radius 2 is 0.739 bits per heavy atom. The molecule has 0 aromatic heterocycles. The molecule has 0 radical (unpaired) electrons. The summed E-state index contributed by atoms with van der Waals surface area (Å²) in [6, 6.07) is 54.2. The minimum Gasteiger partial charge on any atom is -0.370 e. The Labute approximate surface area is 269 Å². The molecule has 0 saturated carbocycles. The topological polar surface area (TPSA) is 6.48 Å². The van der Waals surface area contributed by atoms with Crippen LogP contribution in [0.4, 0.5) is 11.4 Å². The smallest absolute Gasteiger partial charge is 0.0452 e. The van der Waals surface area contributed by atoms with Crippen LogP contribution in [0, 0.1) is 0 Å². The Kier molecular flexibility index (Phi) is 6.11. The van der Waals surface area contributed by atoms with Gasteiger partial charge < -0.3 is 9.80 Å². The molecule has 2 heteroatoms. The standard InChI is InChI=1S/C44H34N2/c1-45-27-35-25-34(24-31-13-5-7-15-37(31)35)44-40-18-10-4-12-30(40)20-22-42(44)46(2)28-36-26-33(23-32-14-6-8-16-38(32)36)43-39-17-9-3-11-29(39)19-21-41(43)45/h3-26H,27-28H2,1-2H3. The SMILES string of the molecule is CN1Cc2cc(cc3ccccc23)-c2c(ccc3ccccc23)N(C)Cc2cc(cc3ccccc23)-c2c1ccc1ccccc21. The van der Waals surface area contributed by atoms with Crippen LogP contribution in [-0.2, 0) is 13.1 Å². The molecule has 1 heterocycles. The van der Waals surface area contributed by atoms with E-state index in [2.05, 4.69) is 169 Å². The molecule has 0 amide bonds. The molecule has 46 heavy (non-hydrogen) atoms. The van der Waals surface area contributed by atoms with E-state index in [1.54, 1.807) is 0 Å². The van der Waals surface area contributed by atoms with Crippen molar-refractivity contribution in [2.24, 2.45) is 0 Å². The van der Waals surface area contributed by atoms with Gasteiger partial charge in [-0.25, -0.2) is 0 Å². The third kappa shape index (κ3) is 4.25. The van der Waals surface area contributed by atoms with Gasteiger partial charge in [0.15, 0.2) is 0 Å². The number of rotatable bonds is 0. The Bertz CT molecular complexity index is 2300. The summed E-state index contributed by atoms with van der Waals surface area (Å²) >= 11 is 0. The van der Waals surface area contributed by atoms with Crippen LogP contribution < -0.4 is 9.80 Å². The van der Waals surface area contributed by atoms with Crippen molar-refractivity contribution >= 4 is 54.5 Å². The van der Waals surface area contributed by atoms with Gasteiger partial charge in [0, 0.05) is 49.7 Å². The lowest BCUT2D eigenvalue weighted by molar-refractivity contribution is 0.927. The molecule has 0 saturated heterocycles. The lowest BCUT2D eigenvalue weighted by atomic mass is 9.90. The van der Waals surface area contributed by atoms with Crippen LogP contribution in [0.15, 0.2) is 146 Å². The van der Waals surface area contributed by atoms with Crippen molar-refractivity contribution in [3.8, 4) is 22.3 Å². The van der Waals surface area contributed by atoms with Crippen LogP contribution in [0.25, 0.3) is 65.3 Å². The maximum Gasteiger partial charge on any atom is 0.0452 e. The normalized spacial score (nSPS) is 13.2. The lowest BCUT2D eigenvalue weighted by Gasteiger charge is -2.28. The zero-order valence-corrected chi connectivity index (χ0v) is 26.2. The Hall–Kier alpha value is -5.60. The molecule has 0 aliphatic carbocycles. The van der Waals surface area contributed by atoms with Crippen LogP contribution in [0.1, 0.15) is 11.1 Å². The van der Waals surface area contributed by atoms with Crippen molar-refractivity contribution in [1.82, 2.24) is 0 Å². The molecule has 0 fully saturated rings. The van der Waals surface area contributed by atoms with Crippen molar-refractivity contribution < 1.29 is 0 Å². The third-order valence-corrected chi connectivity index (χ3v) is 9.92. The van der Waals surface area contributed by atoms with Gasteiger partial charge in [-0.1, -0.05) is 109 Å². The largest absolute Gasteiger partial charge is 0.370 e. The number of hydrogen-bond donors (Lipinski definition) is 0. The van der Waals surface area contributed by atoms with E-state index in [-0.39, 0.29) is 0 Å². The van der Waals surface area contributed by atoms with Crippen molar-refractivity contribution in [3.05, 3.63) is 157 Å². The first-order valence-electron chi connectivity index (χ1n) is 16.1. The summed E-state index contributed by atoms with van der Waals surface area (Å²) in [5, 5.41) is 10.2. The average Bonchev–Trinajstić information content (AvgIpc) is 3.10. The molecule has 0 N–H and O–H groups in total. The molecule has 8 aromatic carbocycles. The fraction of sp³-hybridized carbons (Fsp3) is 0.0909. The Morgan fingerprint density at radius 1 is 0.370 bits per heavy atom. The second kappa shape index (κ2) is 10.5. The van der Waals surface area contributed by atoms with E-state index < -0.39 is 0 Å². The van der Waals surface area contributed by atoms with Crippen molar-refractivity contribution in [2.75, 3.05) is 23.9 Å². The van der Waals surface area contributed by atoms with Crippen molar-refractivity contribution in [1.29, 1.82) is 0 Å². The first-order valence-corrected chi connectivity index (χ1v) is 16.1. The molecule has 4 bridgehead atoms. The molecule has 220 valence electrons. The van der Waals surface area contributed by atoms with Crippen molar-refractivity contribution in [3.63, 3.8) is 0 Å². The quantitative estimate of drug-likeness (QED) is 0.173. The van der Waals surface area contributed by atoms with E-state index in [0.29, 0.717) is 0 Å². The van der Waals surface area contributed by atoms with Gasteiger partial charge in [-0.3, -0.25) is 0 Å². The number of benzene rings is 8. The van der Waals surface area contributed by atoms with Gasteiger partial charge in [0.25, 0.3) is 0 Å². The third-order valence-electron chi connectivity index (χ3n) is 9.92. The number of nitrogens with zero attached hydrogens (tertiary/aromatic N) is 2. The summed E-state index contributed by atoms with van der Waals surface area (Å²) in [5.74, 6) is 0. The fourth-order valence-electron chi connectivity index (χ4n) is 7.77. The monoisotopic (exact) mass is 590 g/mol. The molecular formula is C44H34N2. The predicted molar refractivity (Wildman–Crippen MR) is 198 cm³/mol. The highest BCUT2D eigenvalue weighted by Gasteiger charge is 2.21. The van der Waals surface area contributed by atoms with E-state index in [1.165, 1.54) is 87.8 Å². The minimum absolute atomic E-state index is 0.788. The van der Waals surface area contributed by atoms with Crippen LogP contribution in [-0.4, -0.2) is 14.1 Å². The van der Waals surface area contributed by atoms with Crippen molar-refractivity contribution in [2.45, 2.75) is 13.1 Å². The van der Waals surface area contributed by atoms with E-state index in [4.69, 9.17) is 0 Å². The highest BCUT2D eigenvalue weighted by molar-refractivity contribution is 6.07. The first-order chi connectivity index (χ1) is 22.6. The van der Waals surface area contributed by atoms with Gasteiger partial charge in [-0.05, 0) is 102 Å². The highest BCUT2D eigenvalue weighted by Crippen LogP contribution is 2.43. The Balaban J connectivity index is 1.40. The molecule has 0 unspecified atom stereocenters. The Morgan fingerprint density at radius 3 is 1.17 bits per heavy atom. The van der Waals surface area contributed by atoms with Gasteiger partial charge in [0.05, 0.1) is 0 Å². The van der Waals surface area contributed by atoms with Gasteiger partial charge in [0.1, 0.15) is 0 Å². The maximum atomic E-state index is 2.45. The lowest BCUT2D eigenvalue weighted by Crippen LogP contribution is -2.19. The second-order valence-corrected chi connectivity index (χ2v) is 12.8. The summed E-state index contributed by atoms with van der Waals surface area (Å²) < 4.78 is 0. The molecule has 2 nitrogen and oxygen atoms in total. The molecule has 1 aliphatic rings. The highest BCUT2D eigenvalue weighted by atomic mass is 15.1. The van der Waals surface area contributed by atoms with Gasteiger partial charge in [0.2, 0.25) is 0 Å². The first kappa shape index (κ1) is 26.8. The number of anilines is 2. The van der Waals surface area contributed by atoms with E-state index in [1.807, 2.05) is 0 Å². The molecule has 0 atom stereocenters. The van der Waals surface area contributed by atoms with Gasteiger partial charge in [-0.2, -0.15) is 0 Å². The van der Waals surface area contributed by atoms with Gasteiger partial charge >= 0.3 is 0 Å². The average molecular weight is 591 g/mol. The molecule has 9 rings (SSSR count). The summed E-state index contributed by atoms with van der Waals surface area (Å²) in [7, 11) is 4.50.